The molecular formula is C24H33N9O4. The van der Waals surface area contributed by atoms with Gasteiger partial charge in [0.25, 0.3) is 5.91 Å². The van der Waals surface area contributed by atoms with Crippen molar-refractivity contribution in [3.8, 4) is 0 Å². The maximum Gasteiger partial charge on any atom is 0.251 e. The van der Waals surface area contributed by atoms with Crippen LogP contribution >= 0.6 is 0 Å². The summed E-state index contributed by atoms with van der Waals surface area (Å²) in [5.74, 6) is 0.649. The molecule has 0 bridgehead atoms. The third-order valence-electron chi connectivity index (χ3n) is 4.73. The number of aromatic nitrogens is 4. The van der Waals surface area contributed by atoms with Crippen LogP contribution in [-0.2, 0) is 16.0 Å². The zero-order valence-electron chi connectivity index (χ0n) is 20.5. The van der Waals surface area contributed by atoms with Gasteiger partial charge in [-0.25, -0.2) is 0 Å². The van der Waals surface area contributed by atoms with E-state index < -0.39 is 0 Å². The predicted molar refractivity (Wildman–Crippen MR) is 140 cm³/mol. The van der Waals surface area contributed by atoms with Crippen LogP contribution in [0, 0.1) is 0 Å². The highest BCUT2D eigenvalue weighted by molar-refractivity contribution is 5.95. The Morgan fingerprint density at radius 1 is 0.892 bits per heavy atom. The van der Waals surface area contributed by atoms with Gasteiger partial charge < -0.3 is 41.6 Å². The van der Waals surface area contributed by atoms with E-state index in [0.29, 0.717) is 63.3 Å². The highest BCUT2D eigenvalue weighted by atomic mass is 16.5. The molecule has 0 unspecified atom stereocenters. The maximum atomic E-state index is 12.5. The first-order chi connectivity index (χ1) is 18.2. The van der Waals surface area contributed by atoms with E-state index in [1.807, 2.05) is 18.2 Å². The molecule has 0 saturated heterocycles. The van der Waals surface area contributed by atoms with Gasteiger partial charge in [0.1, 0.15) is 0 Å². The van der Waals surface area contributed by atoms with E-state index in [-0.39, 0.29) is 31.0 Å². The van der Waals surface area contributed by atoms with Crippen LogP contribution in [0.2, 0.25) is 0 Å². The highest BCUT2D eigenvalue weighted by Gasteiger charge is 2.10. The lowest BCUT2D eigenvalue weighted by Crippen LogP contribution is -2.27. The number of rotatable bonds is 17. The number of hydrogen-bond donors (Lipinski definition) is 6. The van der Waals surface area contributed by atoms with Gasteiger partial charge in [0.05, 0.1) is 45.3 Å². The largest absolute Gasteiger partial charge is 0.395 e. The molecule has 0 aliphatic carbocycles. The number of nitrogens with two attached hydrogens (primary N) is 1. The molecule has 1 aromatic carbocycles. The van der Waals surface area contributed by atoms with E-state index in [1.165, 1.54) is 0 Å². The molecule has 0 radical (unpaired) electrons. The third-order valence-corrected chi connectivity index (χ3v) is 4.73. The molecule has 0 aliphatic rings. The minimum absolute atomic E-state index is 0.0740. The minimum Gasteiger partial charge on any atom is -0.395 e. The van der Waals surface area contributed by atoms with Crippen LogP contribution in [0.5, 0.6) is 0 Å². The second kappa shape index (κ2) is 16.0. The molecule has 198 valence electrons. The first-order valence-corrected chi connectivity index (χ1v) is 11.9. The Bertz CT molecular complexity index is 1090. The number of ether oxygens (including phenoxy) is 2. The fourth-order valence-corrected chi connectivity index (χ4v) is 3.04. The van der Waals surface area contributed by atoms with Gasteiger partial charge in [0.2, 0.25) is 17.8 Å². The molecule has 0 spiro atoms. The van der Waals surface area contributed by atoms with Gasteiger partial charge in [-0.15, -0.1) is 0 Å². The van der Waals surface area contributed by atoms with Crippen molar-refractivity contribution in [1.29, 1.82) is 0 Å². The molecule has 0 fully saturated rings. The number of pyridine rings is 1. The molecule has 0 saturated carbocycles. The van der Waals surface area contributed by atoms with E-state index in [9.17, 15) is 4.79 Å². The van der Waals surface area contributed by atoms with E-state index >= 15 is 0 Å². The molecule has 7 N–H and O–H groups in total. The average molecular weight is 512 g/mol. The smallest absolute Gasteiger partial charge is 0.251 e. The number of carbonyl (C=O) groups is 1. The van der Waals surface area contributed by atoms with Gasteiger partial charge >= 0.3 is 0 Å². The molecule has 13 nitrogen and oxygen atoms in total. The van der Waals surface area contributed by atoms with Crippen molar-refractivity contribution in [2.75, 3.05) is 68.6 Å². The summed E-state index contributed by atoms with van der Waals surface area (Å²) in [6.07, 6.45) is 1.71. The average Bonchev–Trinajstić information content (AvgIpc) is 2.93. The Labute approximate surface area is 215 Å². The number of benzene rings is 1. The van der Waals surface area contributed by atoms with E-state index in [4.69, 9.17) is 20.3 Å². The Morgan fingerprint density at radius 3 is 2.43 bits per heavy atom. The predicted octanol–water partition coefficient (Wildman–Crippen LogP) is 0.748. The number of nitrogens with zero attached hydrogens (tertiary/aromatic N) is 4. The standard InChI is InChI=1S/C24H33N9O4/c25-7-12-36-14-15-37-13-10-27-21(35)18-4-3-6-19(16-18)30-24-32-22(28-9-11-34)31-23(33-24)29-17-20-5-1-2-8-26-20/h1-6,8,16,34H,7,9-15,17,25H2,(H,27,35)(H3,28,29,30,31,32,33). The third kappa shape index (κ3) is 10.3. The fourth-order valence-electron chi connectivity index (χ4n) is 3.04. The van der Waals surface area contributed by atoms with Gasteiger partial charge in [-0.2, -0.15) is 15.0 Å². The molecule has 0 atom stereocenters. The SMILES string of the molecule is NCCOCCOCCNC(=O)c1cccc(Nc2nc(NCCO)nc(NCc3ccccn3)n2)c1. The van der Waals surface area contributed by atoms with Crippen molar-refractivity contribution in [2.24, 2.45) is 5.73 Å². The monoisotopic (exact) mass is 511 g/mol. The lowest BCUT2D eigenvalue weighted by atomic mass is 10.2. The van der Waals surface area contributed by atoms with Crippen molar-refractivity contribution < 1.29 is 19.4 Å². The van der Waals surface area contributed by atoms with Crippen molar-refractivity contribution in [1.82, 2.24) is 25.3 Å². The van der Waals surface area contributed by atoms with Crippen molar-refractivity contribution in [3.05, 3.63) is 59.9 Å². The Balaban J connectivity index is 1.58. The second-order valence-corrected chi connectivity index (χ2v) is 7.61. The molecule has 3 aromatic rings. The summed E-state index contributed by atoms with van der Waals surface area (Å²) in [7, 11) is 0. The summed E-state index contributed by atoms with van der Waals surface area (Å²) in [6.45, 7) is 3.25. The van der Waals surface area contributed by atoms with Gasteiger partial charge in [-0.3, -0.25) is 9.78 Å². The van der Waals surface area contributed by atoms with Crippen LogP contribution in [0.25, 0.3) is 0 Å². The molecule has 2 heterocycles. The summed E-state index contributed by atoms with van der Waals surface area (Å²) in [5, 5.41) is 21.1. The summed E-state index contributed by atoms with van der Waals surface area (Å²) in [6, 6.07) is 12.6. The topological polar surface area (TPSA) is 181 Å². The number of amides is 1. The quantitative estimate of drug-likeness (QED) is 0.140. The van der Waals surface area contributed by atoms with Gasteiger partial charge in [-0.05, 0) is 30.3 Å². The van der Waals surface area contributed by atoms with Crippen LogP contribution in [0.4, 0.5) is 23.5 Å². The second-order valence-electron chi connectivity index (χ2n) is 7.61. The Morgan fingerprint density at radius 2 is 1.68 bits per heavy atom. The van der Waals surface area contributed by atoms with Crippen LogP contribution in [0.3, 0.4) is 0 Å². The number of anilines is 4. The van der Waals surface area contributed by atoms with Crippen LogP contribution in [0.15, 0.2) is 48.7 Å². The zero-order chi connectivity index (χ0) is 26.1. The summed E-state index contributed by atoms with van der Waals surface area (Å²) < 4.78 is 10.7. The molecular weight excluding hydrogens is 478 g/mol. The van der Waals surface area contributed by atoms with Crippen LogP contribution < -0.4 is 27.0 Å². The van der Waals surface area contributed by atoms with Gasteiger partial charge in [0, 0.05) is 37.1 Å². The first kappa shape index (κ1) is 27.7. The highest BCUT2D eigenvalue weighted by Crippen LogP contribution is 2.17. The molecule has 37 heavy (non-hydrogen) atoms. The number of hydrogen-bond acceptors (Lipinski definition) is 12. The molecule has 3 rings (SSSR count). The normalized spacial score (nSPS) is 10.6. The zero-order valence-corrected chi connectivity index (χ0v) is 20.5. The van der Waals surface area contributed by atoms with E-state index in [0.717, 1.165) is 5.69 Å². The number of carbonyl (C=O) groups excluding carboxylic acids is 1. The fraction of sp³-hybridized carbons (Fsp3) is 0.375. The van der Waals surface area contributed by atoms with Crippen molar-refractivity contribution in [3.63, 3.8) is 0 Å². The molecule has 1 amide bonds. The molecule has 13 heteroatoms. The summed E-state index contributed by atoms with van der Waals surface area (Å²) in [5.41, 5.74) is 7.27. The Hall–Kier alpha value is -3.91. The Kier molecular flexibility index (Phi) is 11.9. The van der Waals surface area contributed by atoms with Gasteiger partial charge in [-0.1, -0.05) is 12.1 Å². The van der Waals surface area contributed by atoms with E-state index in [1.54, 1.807) is 30.5 Å². The number of aliphatic hydroxyl groups excluding tert-OH is 1. The van der Waals surface area contributed by atoms with E-state index in [2.05, 4.69) is 41.2 Å². The van der Waals surface area contributed by atoms with Crippen molar-refractivity contribution in [2.45, 2.75) is 6.54 Å². The lowest BCUT2D eigenvalue weighted by molar-refractivity contribution is 0.0511. The first-order valence-electron chi connectivity index (χ1n) is 11.9. The maximum absolute atomic E-state index is 12.5. The van der Waals surface area contributed by atoms with Crippen LogP contribution in [-0.4, -0.2) is 83.6 Å². The van der Waals surface area contributed by atoms with Crippen LogP contribution in [0.1, 0.15) is 16.1 Å². The molecule has 2 aromatic heterocycles. The van der Waals surface area contributed by atoms with Gasteiger partial charge in [0.15, 0.2) is 0 Å². The number of nitrogens with one attached hydrogen (secondary N) is 4. The lowest BCUT2D eigenvalue weighted by Gasteiger charge is -2.12. The van der Waals surface area contributed by atoms with Crippen molar-refractivity contribution >= 4 is 29.4 Å². The summed E-state index contributed by atoms with van der Waals surface area (Å²) >= 11 is 0. The molecule has 0 aliphatic heterocycles. The summed E-state index contributed by atoms with van der Waals surface area (Å²) in [4.78, 5) is 29.9. The number of aliphatic hydroxyl groups is 1. The minimum atomic E-state index is -0.231.